The maximum Gasteiger partial charge on any atom is 0.220 e. The van der Waals surface area contributed by atoms with E-state index in [1.807, 2.05) is 24.4 Å². The van der Waals surface area contributed by atoms with Crippen molar-refractivity contribution in [3.8, 4) is 0 Å². The Morgan fingerprint density at radius 2 is 2.17 bits per heavy atom. The maximum atomic E-state index is 11.8. The van der Waals surface area contributed by atoms with Crippen molar-refractivity contribution in [2.75, 3.05) is 0 Å². The standard InChI is InChI=1S/C14H16N2OS/c1-11(13-4-7-15-8-5-13)16-14(17)3-2-12-6-9-18-10-12/h4-11H,2-3H2,1H3,(H,16,17). The second kappa shape index (κ2) is 6.31. The molecule has 0 fully saturated rings. The number of carbonyl (C=O) groups is 1. The van der Waals surface area contributed by atoms with Crippen molar-refractivity contribution in [1.82, 2.24) is 10.3 Å². The van der Waals surface area contributed by atoms with Gasteiger partial charge in [0.05, 0.1) is 6.04 Å². The van der Waals surface area contributed by atoms with Gasteiger partial charge in [-0.2, -0.15) is 11.3 Å². The number of amides is 1. The Morgan fingerprint density at radius 1 is 1.39 bits per heavy atom. The predicted molar refractivity (Wildman–Crippen MR) is 73.4 cm³/mol. The summed E-state index contributed by atoms with van der Waals surface area (Å²) in [7, 11) is 0. The molecule has 0 aliphatic rings. The molecule has 0 aromatic carbocycles. The number of hydrogen-bond donors (Lipinski definition) is 1. The summed E-state index contributed by atoms with van der Waals surface area (Å²) >= 11 is 1.66. The van der Waals surface area contributed by atoms with E-state index in [0.717, 1.165) is 12.0 Å². The van der Waals surface area contributed by atoms with Crippen molar-refractivity contribution in [3.05, 3.63) is 52.5 Å². The van der Waals surface area contributed by atoms with Crippen molar-refractivity contribution in [2.24, 2.45) is 0 Å². The third-order valence-electron chi connectivity index (χ3n) is 2.80. The van der Waals surface area contributed by atoms with E-state index in [4.69, 9.17) is 0 Å². The van der Waals surface area contributed by atoms with Gasteiger partial charge in [-0.1, -0.05) is 0 Å². The van der Waals surface area contributed by atoms with E-state index in [9.17, 15) is 4.79 Å². The van der Waals surface area contributed by atoms with Crippen LogP contribution >= 0.6 is 11.3 Å². The van der Waals surface area contributed by atoms with Gasteiger partial charge in [0.1, 0.15) is 0 Å². The van der Waals surface area contributed by atoms with E-state index < -0.39 is 0 Å². The average Bonchev–Trinajstić information content (AvgIpc) is 2.90. The molecular weight excluding hydrogens is 244 g/mol. The molecule has 0 spiro atoms. The number of aryl methyl sites for hydroxylation is 1. The molecule has 1 atom stereocenters. The van der Waals surface area contributed by atoms with Gasteiger partial charge in [-0.3, -0.25) is 9.78 Å². The predicted octanol–water partition coefficient (Wildman–Crippen LogP) is 2.95. The summed E-state index contributed by atoms with van der Waals surface area (Å²) in [5, 5.41) is 7.11. The Balaban J connectivity index is 1.80. The summed E-state index contributed by atoms with van der Waals surface area (Å²) in [6, 6.07) is 5.93. The van der Waals surface area contributed by atoms with Crippen LogP contribution in [0.25, 0.3) is 0 Å². The van der Waals surface area contributed by atoms with Gasteiger partial charge in [0.2, 0.25) is 5.91 Å². The zero-order chi connectivity index (χ0) is 12.8. The molecule has 1 N–H and O–H groups in total. The first-order chi connectivity index (χ1) is 8.75. The zero-order valence-corrected chi connectivity index (χ0v) is 11.1. The lowest BCUT2D eigenvalue weighted by Crippen LogP contribution is -2.26. The molecular formula is C14H16N2OS. The van der Waals surface area contributed by atoms with Crippen LogP contribution in [0, 0.1) is 0 Å². The van der Waals surface area contributed by atoms with Crippen LogP contribution in [-0.2, 0) is 11.2 Å². The highest BCUT2D eigenvalue weighted by atomic mass is 32.1. The van der Waals surface area contributed by atoms with Crippen LogP contribution in [0.2, 0.25) is 0 Å². The number of carbonyl (C=O) groups excluding carboxylic acids is 1. The summed E-state index contributed by atoms with van der Waals surface area (Å²) in [6.07, 6.45) is 4.82. The molecule has 4 heteroatoms. The van der Waals surface area contributed by atoms with Crippen LogP contribution in [0.4, 0.5) is 0 Å². The molecule has 2 heterocycles. The van der Waals surface area contributed by atoms with Crippen LogP contribution < -0.4 is 5.32 Å². The number of aromatic nitrogens is 1. The number of thiophene rings is 1. The lowest BCUT2D eigenvalue weighted by Gasteiger charge is -2.13. The molecule has 0 bridgehead atoms. The fourth-order valence-electron chi connectivity index (χ4n) is 1.74. The Bertz CT molecular complexity index is 482. The second-order valence-electron chi connectivity index (χ2n) is 4.20. The molecule has 0 saturated heterocycles. The first-order valence-corrected chi connectivity index (χ1v) is 6.90. The quantitative estimate of drug-likeness (QED) is 0.898. The van der Waals surface area contributed by atoms with Crippen molar-refractivity contribution >= 4 is 17.2 Å². The second-order valence-corrected chi connectivity index (χ2v) is 4.98. The summed E-state index contributed by atoms with van der Waals surface area (Å²) in [5.74, 6) is 0.0884. The molecule has 18 heavy (non-hydrogen) atoms. The first-order valence-electron chi connectivity index (χ1n) is 5.96. The molecule has 0 saturated carbocycles. The third kappa shape index (κ3) is 3.67. The minimum absolute atomic E-state index is 0.0305. The van der Waals surface area contributed by atoms with Gasteiger partial charge in [0, 0.05) is 18.8 Å². The third-order valence-corrected chi connectivity index (χ3v) is 3.54. The van der Waals surface area contributed by atoms with E-state index in [2.05, 4.69) is 21.7 Å². The molecule has 2 aromatic heterocycles. The summed E-state index contributed by atoms with van der Waals surface area (Å²) in [4.78, 5) is 15.8. The lowest BCUT2D eigenvalue weighted by molar-refractivity contribution is -0.121. The van der Waals surface area contributed by atoms with Gasteiger partial charge in [0.25, 0.3) is 0 Å². The van der Waals surface area contributed by atoms with Gasteiger partial charge in [-0.25, -0.2) is 0 Å². The van der Waals surface area contributed by atoms with Crippen molar-refractivity contribution in [1.29, 1.82) is 0 Å². The highest BCUT2D eigenvalue weighted by Crippen LogP contribution is 2.12. The van der Waals surface area contributed by atoms with Gasteiger partial charge >= 0.3 is 0 Å². The minimum Gasteiger partial charge on any atom is -0.350 e. The number of hydrogen-bond acceptors (Lipinski definition) is 3. The average molecular weight is 260 g/mol. The fraction of sp³-hybridized carbons (Fsp3) is 0.286. The number of nitrogens with one attached hydrogen (secondary N) is 1. The molecule has 0 radical (unpaired) electrons. The van der Waals surface area contributed by atoms with E-state index in [1.54, 1.807) is 23.7 Å². The fourth-order valence-corrected chi connectivity index (χ4v) is 2.45. The SMILES string of the molecule is CC(NC(=O)CCc1ccsc1)c1ccncc1. The van der Waals surface area contributed by atoms with Crippen molar-refractivity contribution < 1.29 is 4.79 Å². The van der Waals surface area contributed by atoms with E-state index in [1.165, 1.54) is 5.56 Å². The van der Waals surface area contributed by atoms with Crippen molar-refractivity contribution in [2.45, 2.75) is 25.8 Å². The highest BCUT2D eigenvalue weighted by molar-refractivity contribution is 7.07. The highest BCUT2D eigenvalue weighted by Gasteiger charge is 2.09. The van der Waals surface area contributed by atoms with E-state index >= 15 is 0 Å². The molecule has 3 nitrogen and oxygen atoms in total. The Labute approximate surface area is 111 Å². The van der Waals surface area contributed by atoms with Crippen LogP contribution in [0.15, 0.2) is 41.4 Å². The number of pyridine rings is 1. The van der Waals surface area contributed by atoms with Gasteiger partial charge < -0.3 is 5.32 Å². The molecule has 0 aliphatic heterocycles. The number of rotatable bonds is 5. The summed E-state index contributed by atoms with van der Waals surface area (Å²) in [6.45, 7) is 1.98. The van der Waals surface area contributed by atoms with E-state index in [0.29, 0.717) is 6.42 Å². The monoisotopic (exact) mass is 260 g/mol. The summed E-state index contributed by atoms with van der Waals surface area (Å²) in [5.41, 5.74) is 2.31. The maximum absolute atomic E-state index is 11.8. The topological polar surface area (TPSA) is 42.0 Å². The van der Waals surface area contributed by atoms with E-state index in [-0.39, 0.29) is 11.9 Å². The zero-order valence-electron chi connectivity index (χ0n) is 10.3. The van der Waals surface area contributed by atoms with Crippen molar-refractivity contribution in [3.63, 3.8) is 0 Å². The number of nitrogens with zero attached hydrogens (tertiary/aromatic N) is 1. The normalized spacial score (nSPS) is 12.1. The lowest BCUT2D eigenvalue weighted by atomic mass is 10.1. The van der Waals surface area contributed by atoms with Crippen LogP contribution in [0.1, 0.15) is 30.5 Å². The molecule has 2 aromatic rings. The largest absolute Gasteiger partial charge is 0.350 e. The summed E-state index contributed by atoms with van der Waals surface area (Å²) < 4.78 is 0. The molecule has 1 unspecified atom stereocenters. The van der Waals surface area contributed by atoms with Crippen LogP contribution in [0.5, 0.6) is 0 Å². The van der Waals surface area contributed by atoms with Crippen LogP contribution in [-0.4, -0.2) is 10.9 Å². The smallest absolute Gasteiger partial charge is 0.220 e. The molecule has 0 aliphatic carbocycles. The first kappa shape index (κ1) is 12.8. The molecule has 1 amide bonds. The Hall–Kier alpha value is -1.68. The Morgan fingerprint density at radius 3 is 2.83 bits per heavy atom. The van der Waals surface area contributed by atoms with Crippen LogP contribution in [0.3, 0.4) is 0 Å². The molecule has 2 rings (SSSR count). The van der Waals surface area contributed by atoms with Gasteiger partial charge in [0.15, 0.2) is 0 Å². The molecule has 94 valence electrons. The van der Waals surface area contributed by atoms with Gasteiger partial charge in [-0.05, 0) is 53.4 Å². The Kier molecular flexibility index (Phi) is 4.47. The van der Waals surface area contributed by atoms with Gasteiger partial charge in [-0.15, -0.1) is 0 Å². The minimum atomic E-state index is 0.0305.